The number of anilines is 1. The molecular formula is C17H20N4O4S. The van der Waals surface area contributed by atoms with Gasteiger partial charge in [-0.3, -0.25) is 10.2 Å². The number of methoxy groups -OCH3 is 1. The highest BCUT2D eigenvalue weighted by molar-refractivity contribution is 7.17. The number of nitrogens with one attached hydrogen (secondary N) is 2. The number of thiazole rings is 1. The summed E-state index contributed by atoms with van der Waals surface area (Å²) >= 11 is 1.13. The van der Waals surface area contributed by atoms with Gasteiger partial charge in [-0.05, 0) is 38.1 Å². The van der Waals surface area contributed by atoms with Gasteiger partial charge in [0.25, 0.3) is 0 Å². The van der Waals surface area contributed by atoms with Gasteiger partial charge in [-0.2, -0.15) is 0 Å². The zero-order valence-electron chi connectivity index (χ0n) is 14.7. The van der Waals surface area contributed by atoms with Crippen LogP contribution in [-0.2, 0) is 9.53 Å². The van der Waals surface area contributed by atoms with Crippen molar-refractivity contribution in [2.24, 2.45) is 11.1 Å². The smallest absolute Gasteiger partial charge is 0.355 e. The SMILES string of the molecule is COC(=O)C(C)(C)CNc1ncc(C(=O)Oc2ccc(C(=N)N)cc2)s1. The second-order valence-corrected chi connectivity index (χ2v) is 7.12. The molecule has 1 aromatic carbocycles. The van der Waals surface area contributed by atoms with E-state index in [-0.39, 0.29) is 11.8 Å². The first-order chi connectivity index (χ1) is 12.2. The van der Waals surface area contributed by atoms with Crippen molar-refractivity contribution < 1.29 is 19.1 Å². The van der Waals surface area contributed by atoms with Crippen molar-refractivity contribution in [1.29, 1.82) is 5.41 Å². The van der Waals surface area contributed by atoms with Crippen LogP contribution >= 0.6 is 11.3 Å². The summed E-state index contributed by atoms with van der Waals surface area (Å²) in [5, 5.41) is 10.9. The molecule has 0 radical (unpaired) electrons. The second kappa shape index (κ2) is 7.96. The van der Waals surface area contributed by atoms with Crippen LogP contribution in [0.1, 0.15) is 29.1 Å². The predicted molar refractivity (Wildman–Crippen MR) is 98.8 cm³/mol. The van der Waals surface area contributed by atoms with Crippen molar-refractivity contribution in [2.75, 3.05) is 19.0 Å². The van der Waals surface area contributed by atoms with Crippen LogP contribution in [0.2, 0.25) is 0 Å². The highest BCUT2D eigenvalue weighted by atomic mass is 32.1. The van der Waals surface area contributed by atoms with Crippen molar-refractivity contribution in [2.45, 2.75) is 13.8 Å². The topological polar surface area (TPSA) is 127 Å². The molecule has 2 aromatic rings. The first kappa shape index (κ1) is 19.4. The van der Waals surface area contributed by atoms with E-state index < -0.39 is 11.4 Å². The van der Waals surface area contributed by atoms with E-state index in [0.29, 0.717) is 27.9 Å². The molecular weight excluding hydrogens is 356 g/mol. The van der Waals surface area contributed by atoms with E-state index in [2.05, 4.69) is 10.3 Å². The number of hydrogen-bond donors (Lipinski definition) is 3. The fourth-order valence-corrected chi connectivity index (χ4v) is 2.64. The summed E-state index contributed by atoms with van der Waals surface area (Å²) in [7, 11) is 1.34. The summed E-state index contributed by atoms with van der Waals surface area (Å²) in [5.41, 5.74) is 5.20. The second-order valence-electron chi connectivity index (χ2n) is 6.09. The van der Waals surface area contributed by atoms with E-state index in [1.165, 1.54) is 13.3 Å². The first-order valence-electron chi connectivity index (χ1n) is 7.67. The van der Waals surface area contributed by atoms with Crippen LogP contribution in [0.5, 0.6) is 5.75 Å². The van der Waals surface area contributed by atoms with Crippen LogP contribution < -0.4 is 15.8 Å². The van der Waals surface area contributed by atoms with Crippen LogP contribution in [0.4, 0.5) is 5.13 Å². The maximum absolute atomic E-state index is 12.2. The lowest BCUT2D eigenvalue weighted by molar-refractivity contribution is -0.149. The summed E-state index contributed by atoms with van der Waals surface area (Å²) in [6, 6.07) is 6.32. The van der Waals surface area contributed by atoms with E-state index in [0.717, 1.165) is 11.3 Å². The Morgan fingerprint density at radius 2 is 1.96 bits per heavy atom. The standard InChI is InChI=1S/C17H20N4O4S/c1-17(2,15(23)24-3)9-21-16-20-8-12(26-16)14(22)25-11-6-4-10(5-7-11)13(18)19/h4-8H,9H2,1-3H3,(H3,18,19)(H,20,21). The van der Waals surface area contributed by atoms with Crippen molar-refractivity contribution in [3.05, 3.63) is 40.9 Å². The lowest BCUT2D eigenvalue weighted by Crippen LogP contribution is -2.33. The van der Waals surface area contributed by atoms with E-state index in [9.17, 15) is 9.59 Å². The number of rotatable bonds is 7. The number of benzene rings is 1. The van der Waals surface area contributed by atoms with E-state index in [1.54, 1.807) is 38.1 Å². The maximum atomic E-state index is 12.2. The van der Waals surface area contributed by atoms with E-state index in [1.807, 2.05) is 0 Å². The molecule has 8 nitrogen and oxygen atoms in total. The molecule has 4 N–H and O–H groups in total. The van der Waals surface area contributed by atoms with Gasteiger partial charge in [-0.15, -0.1) is 0 Å². The van der Waals surface area contributed by atoms with Crippen molar-refractivity contribution in [1.82, 2.24) is 4.98 Å². The van der Waals surface area contributed by atoms with Gasteiger partial charge in [0.1, 0.15) is 16.5 Å². The van der Waals surface area contributed by atoms with Crippen LogP contribution in [0.25, 0.3) is 0 Å². The van der Waals surface area contributed by atoms with Gasteiger partial charge in [-0.25, -0.2) is 9.78 Å². The van der Waals surface area contributed by atoms with Gasteiger partial charge in [0, 0.05) is 12.1 Å². The summed E-state index contributed by atoms with van der Waals surface area (Å²) in [6.07, 6.45) is 1.41. The number of aromatic nitrogens is 1. The lowest BCUT2D eigenvalue weighted by Gasteiger charge is -2.21. The molecule has 0 saturated carbocycles. The van der Waals surface area contributed by atoms with Crippen LogP contribution in [0, 0.1) is 10.8 Å². The number of esters is 2. The van der Waals surface area contributed by atoms with E-state index >= 15 is 0 Å². The average molecular weight is 376 g/mol. The minimum absolute atomic E-state index is 0.0593. The molecule has 0 aliphatic heterocycles. The molecule has 0 aliphatic carbocycles. The Morgan fingerprint density at radius 3 is 2.54 bits per heavy atom. The highest BCUT2D eigenvalue weighted by Crippen LogP contribution is 2.23. The fourth-order valence-electron chi connectivity index (χ4n) is 1.96. The van der Waals surface area contributed by atoms with Gasteiger partial charge >= 0.3 is 11.9 Å². The zero-order chi connectivity index (χ0) is 19.3. The Kier molecular flexibility index (Phi) is 5.93. The number of amidine groups is 1. The molecule has 0 unspecified atom stereocenters. The van der Waals surface area contributed by atoms with Crippen LogP contribution in [-0.4, -0.2) is 36.4 Å². The van der Waals surface area contributed by atoms with Crippen molar-refractivity contribution in [3.63, 3.8) is 0 Å². The summed E-state index contributed by atoms with van der Waals surface area (Å²) in [6.45, 7) is 3.81. The minimum atomic E-state index is -0.723. The third-order valence-electron chi connectivity index (χ3n) is 3.50. The molecule has 0 saturated heterocycles. The molecule has 0 bridgehead atoms. The molecule has 138 valence electrons. The van der Waals surface area contributed by atoms with Gasteiger partial charge in [0.05, 0.1) is 18.7 Å². The molecule has 26 heavy (non-hydrogen) atoms. The molecule has 9 heteroatoms. The van der Waals surface area contributed by atoms with Crippen molar-refractivity contribution >= 4 is 34.2 Å². The normalized spacial score (nSPS) is 10.9. The number of carbonyl (C=O) groups excluding carboxylic acids is 2. The van der Waals surface area contributed by atoms with Crippen LogP contribution in [0.3, 0.4) is 0 Å². The zero-order valence-corrected chi connectivity index (χ0v) is 15.5. The maximum Gasteiger partial charge on any atom is 0.355 e. The molecule has 2 rings (SSSR count). The number of hydrogen-bond acceptors (Lipinski definition) is 8. The monoisotopic (exact) mass is 376 g/mol. The quantitative estimate of drug-likeness (QED) is 0.293. The number of nitrogens with zero attached hydrogens (tertiary/aromatic N) is 1. The molecule has 1 heterocycles. The molecule has 0 fully saturated rings. The Labute approximate surface area is 154 Å². The first-order valence-corrected chi connectivity index (χ1v) is 8.49. The van der Waals surface area contributed by atoms with Gasteiger partial charge in [-0.1, -0.05) is 11.3 Å². The summed E-state index contributed by atoms with van der Waals surface area (Å²) in [4.78, 5) is 28.3. The highest BCUT2D eigenvalue weighted by Gasteiger charge is 2.28. The molecule has 0 spiro atoms. The molecule has 0 amide bonds. The Hall–Kier alpha value is -2.94. The fraction of sp³-hybridized carbons (Fsp3) is 0.294. The third kappa shape index (κ3) is 4.79. The number of carbonyl (C=O) groups is 2. The predicted octanol–water partition coefficient (Wildman–Crippen LogP) is 2.26. The third-order valence-corrected chi connectivity index (χ3v) is 4.44. The average Bonchev–Trinajstić information content (AvgIpc) is 3.09. The summed E-state index contributed by atoms with van der Waals surface area (Å²) in [5.74, 6) is -0.598. The Balaban J connectivity index is 1.97. The van der Waals surface area contributed by atoms with Gasteiger partial charge in [0.15, 0.2) is 5.13 Å². The van der Waals surface area contributed by atoms with Gasteiger partial charge in [0.2, 0.25) is 0 Å². The Morgan fingerprint density at radius 1 is 1.31 bits per heavy atom. The van der Waals surface area contributed by atoms with Crippen molar-refractivity contribution in [3.8, 4) is 5.75 Å². The minimum Gasteiger partial charge on any atom is -0.469 e. The number of ether oxygens (including phenoxy) is 2. The number of nitrogen functional groups attached to an aromatic ring is 1. The van der Waals surface area contributed by atoms with Gasteiger partial charge < -0.3 is 20.5 Å². The Bertz CT molecular complexity index is 814. The number of nitrogens with two attached hydrogens (primary N) is 1. The van der Waals surface area contributed by atoms with E-state index in [4.69, 9.17) is 20.6 Å². The molecule has 0 aliphatic rings. The van der Waals surface area contributed by atoms with Crippen LogP contribution in [0.15, 0.2) is 30.5 Å². The molecule has 0 atom stereocenters. The molecule has 1 aromatic heterocycles. The summed E-state index contributed by atoms with van der Waals surface area (Å²) < 4.78 is 10.0. The largest absolute Gasteiger partial charge is 0.469 e. The lowest BCUT2D eigenvalue weighted by atomic mass is 9.94.